The Hall–Kier alpha value is -4.17. The molecular formula is C18H11F6N9. The first-order valence-electron chi connectivity index (χ1n) is 8.93. The highest BCUT2D eigenvalue weighted by Crippen LogP contribution is 2.38. The van der Waals surface area contributed by atoms with Crippen molar-refractivity contribution in [2.24, 2.45) is 7.05 Å². The fourth-order valence-electron chi connectivity index (χ4n) is 2.78. The lowest BCUT2D eigenvalue weighted by molar-refractivity contribution is -0.143. The third kappa shape index (κ3) is 4.86. The normalized spacial score (nSPS) is 12.9. The van der Waals surface area contributed by atoms with E-state index in [2.05, 4.69) is 35.5 Å². The Morgan fingerprint density at radius 3 is 2.09 bits per heavy atom. The van der Waals surface area contributed by atoms with Gasteiger partial charge < -0.3 is 0 Å². The number of benzene rings is 1. The molecule has 0 spiro atoms. The van der Waals surface area contributed by atoms with E-state index in [1.54, 1.807) is 0 Å². The number of rotatable bonds is 4. The van der Waals surface area contributed by atoms with Gasteiger partial charge in [0.25, 0.3) is 0 Å². The van der Waals surface area contributed by atoms with Crippen LogP contribution in [0.1, 0.15) is 22.5 Å². The van der Waals surface area contributed by atoms with Crippen molar-refractivity contribution < 1.29 is 26.3 Å². The highest BCUT2D eigenvalue weighted by molar-refractivity contribution is 5.83. The first-order valence-corrected chi connectivity index (χ1v) is 8.93. The minimum atomic E-state index is -4.99. The molecular weight excluding hydrogens is 456 g/mol. The van der Waals surface area contributed by atoms with Gasteiger partial charge in [0, 0.05) is 29.7 Å². The van der Waals surface area contributed by atoms with Crippen LogP contribution in [0.5, 0.6) is 0 Å². The van der Waals surface area contributed by atoms with Crippen molar-refractivity contribution in [1.29, 1.82) is 0 Å². The summed E-state index contributed by atoms with van der Waals surface area (Å²) in [6, 6.07) is 1.14. The molecule has 0 unspecified atom stereocenters. The van der Waals surface area contributed by atoms with E-state index in [1.807, 2.05) is 0 Å². The summed E-state index contributed by atoms with van der Waals surface area (Å²) in [7, 11) is 1.54. The number of hydrogen-bond acceptors (Lipinski definition) is 7. The van der Waals surface area contributed by atoms with Gasteiger partial charge in [0.05, 0.1) is 23.7 Å². The Balaban J connectivity index is 1.79. The second kappa shape index (κ2) is 8.07. The molecule has 0 aliphatic rings. The van der Waals surface area contributed by atoms with Crippen LogP contribution in [-0.4, -0.2) is 44.9 Å². The molecule has 0 aliphatic heterocycles. The van der Waals surface area contributed by atoms with E-state index in [0.29, 0.717) is 23.3 Å². The molecule has 1 aromatic carbocycles. The summed E-state index contributed by atoms with van der Waals surface area (Å²) >= 11 is 0. The van der Waals surface area contributed by atoms with Gasteiger partial charge in [-0.15, -0.1) is 15.3 Å². The van der Waals surface area contributed by atoms with Gasteiger partial charge >= 0.3 is 12.4 Å². The molecule has 3 heterocycles. The van der Waals surface area contributed by atoms with Gasteiger partial charge in [-0.1, -0.05) is 0 Å². The number of aromatic nitrogens is 9. The van der Waals surface area contributed by atoms with Crippen LogP contribution < -0.4 is 0 Å². The topological polar surface area (TPSA) is 100 Å². The van der Waals surface area contributed by atoms with Gasteiger partial charge in [-0.25, -0.2) is 19.6 Å². The van der Waals surface area contributed by atoms with Crippen LogP contribution in [0.3, 0.4) is 0 Å². The minimum Gasteiger partial charge on any atom is -0.244 e. The zero-order valence-electron chi connectivity index (χ0n) is 16.4. The van der Waals surface area contributed by atoms with Crippen LogP contribution >= 0.6 is 0 Å². The Labute approximate surface area is 180 Å². The molecule has 0 aliphatic carbocycles. The highest BCUT2D eigenvalue weighted by Gasteiger charge is 2.37. The summed E-state index contributed by atoms with van der Waals surface area (Å²) in [5.74, 6) is -0.193. The van der Waals surface area contributed by atoms with E-state index in [1.165, 1.54) is 36.8 Å². The quantitative estimate of drug-likeness (QED) is 0.425. The van der Waals surface area contributed by atoms with Crippen molar-refractivity contribution in [3.8, 4) is 11.4 Å². The molecule has 4 aromatic rings. The molecule has 4 rings (SSSR count). The summed E-state index contributed by atoms with van der Waals surface area (Å²) in [6.07, 6.45) is -3.30. The Kier molecular flexibility index (Phi) is 5.39. The summed E-state index contributed by atoms with van der Waals surface area (Å²) in [6.45, 7) is 0. The van der Waals surface area contributed by atoms with Crippen LogP contribution in [0.2, 0.25) is 0 Å². The smallest absolute Gasteiger partial charge is 0.244 e. The summed E-state index contributed by atoms with van der Waals surface area (Å²) in [4.78, 5) is 12.9. The largest absolute Gasteiger partial charge is 0.416 e. The zero-order valence-corrected chi connectivity index (χ0v) is 16.4. The van der Waals surface area contributed by atoms with Gasteiger partial charge in [0.1, 0.15) is 12.7 Å². The second-order valence-electron chi connectivity index (χ2n) is 6.62. The fourth-order valence-corrected chi connectivity index (χ4v) is 2.78. The number of halogens is 6. The Morgan fingerprint density at radius 2 is 1.55 bits per heavy atom. The number of alkyl halides is 6. The molecule has 0 N–H and O–H groups in total. The van der Waals surface area contributed by atoms with Crippen molar-refractivity contribution >= 4 is 11.8 Å². The first kappa shape index (κ1) is 22.0. The molecule has 33 heavy (non-hydrogen) atoms. The average Bonchev–Trinajstić information content (AvgIpc) is 3.40. The molecule has 0 saturated carbocycles. The maximum atomic E-state index is 13.1. The van der Waals surface area contributed by atoms with Gasteiger partial charge in [-0.05, 0) is 23.4 Å². The van der Waals surface area contributed by atoms with E-state index in [9.17, 15) is 26.3 Å². The average molecular weight is 467 g/mol. The zero-order chi connectivity index (χ0) is 23.8. The van der Waals surface area contributed by atoms with E-state index in [0.717, 1.165) is 11.0 Å². The number of hydrogen-bond donors (Lipinski definition) is 0. The lowest BCUT2D eigenvalue weighted by atomic mass is 10.0. The van der Waals surface area contributed by atoms with E-state index < -0.39 is 29.0 Å². The Bertz CT molecular complexity index is 1270. The molecule has 170 valence electrons. The van der Waals surface area contributed by atoms with Crippen LogP contribution in [-0.2, 0) is 19.4 Å². The SMILES string of the molecule is Cn1nnc(/C(=C\n2cnc(-c3cc(C(F)(F)F)cc(C(F)(F)F)c3)n2)c2cncnc2)n1. The first-order chi connectivity index (χ1) is 15.5. The van der Waals surface area contributed by atoms with Gasteiger partial charge in [0.15, 0.2) is 5.82 Å². The maximum Gasteiger partial charge on any atom is 0.416 e. The predicted molar refractivity (Wildman–Crippen MR) is 99.6 cm³/mol. The monoisotopic (exact) mass is 467 g/mol. The van der Waals surface area contributed by atoms with Crippen molar-refractivity contribution in [2.75, 3.05) is 0 Å². The van der Waals surface area contributed by atoms with Gasteiger partial charge in [-0.2, -0.15) is 31.1 Å². The standard InChI is InChI=1S/C18H11F6N9/c1-32-29-16(28-31-32)14(11-5-25-8-26-6-11)7-33-9-27-15(30-33)10-2-12(17(19,20)21)4-13(3-10)18(22,23)24/h2-9H,1H3/b14-7-. The van der Waals surface area contributed by atoms with E-state index in [4.69, 9.17) is 0 Å². The van der Waals surface area contributed by atoms with Gasteiger partial charge in [-0.3, -0.25) is 0 Å². The maximum absolute atomic E-state index is 13.1. The summed E-state index contributed by atoms with van der Waals surface area (Å²) in [5, 5.41) is 15.7. The van der Waals surface area contributed by atoms with Crippen molar-refractivity contribution in [2.45, 2.75) is 12.4 Å². The molecule has 0 amide bonds. The summed E-state index contributed by atoms with van der Waals surface area (Å²) < 4.78 is 80.0. The number of nitrogens with zero attached hydrogens (tertiary/aromatic N) is 9. The molecule has 0 fully saturated rings. The number of tetrazole rings is 1. The molecule has 3 aromatic heterocycles. The van der Waals surface area contributed by atoms with E-state index >= 15 is 0 Å². The van der Waals surface area contributed by atoms with Crippen LogP contribution in [0, 0.1) is 0 Å². The molecule has 0 atom stereocenters. The van der Waals surface area contributed by atoms with E-state index in [-0.39, 0.29) is 17.7 Å². The van der Waals surface area contributed by atoms with Crippen molar-refractivity contribution in [3.63, 3.8) is 0 Å². The fraction of sp³-hybridized carbons (Fsp3) is 0.167. The van der Waals surface area contributed by atoms with Crippen molar-refractivity contribution in [3.05, 3.63) is 65.8 Å². The third-order valence-electron chi connectivity index (χ3n) is 4.24. The lowest BCUT2D eigenvalue weighted by Gasteiger charge is -2.13. The number of aryl methyl sites for hydroxylation is 1. The molecule has 0 bridgehead atoms. The summed E-state index contributed by atoms with van der Waals surface area (Å²) in [5.41, 5.74) is -2.59. The molecule has 9 nitrogen and oxygen atoms in total. The predicted octanol–water partition coefficient (Wildman–Crippen LogP) is 3.34. The van der Waals surface area contributed by atoms with Crippen LogP contribution in [0.4, 0.5) is 26.3 Å². The van der Waals surface area contributed by atoms with Crippen LogP contribution in [0.15, 0.2) is 43.2 Å². The highest BCUT2D eigenvalue weighted by atomic mass is 19.4. The third-order valence-corrected chi connectivity index (χ3v) is 4.24. The molecule has 15 heteroatoms. The van der Waals surface area contributed by atoms with Crippen LogP contribution in [0.25, 0.3) is 23.2 Å². The minimum absolute atomic E-state index is 0.0354. The van der Waals surface area contributed by atoms with Crippen molar-refractivity contribution in [1.82, 2.24) is 44.9 Å². The Morgan fingerprint density at radius 1 is 0.909 bits per heavy atom. The molecule has 0 saturated heterocycles. The molecule has 0 radical (unpaired) electrons. The second-order valence-corrected chi connectivity index (χ2v) is 6.62. The lowest BCUT2D eigenvalue weighted by Crippen LogP contribution is -2.11. The van der Waals surface area contributed by atoms with Gasteiger partial charge in [0.2, 0.25) is 5.82 Å².